The van der Waals surface area contributed by atoms with Gasteiger partial charge in [0, 0.05) is 6.16 Å². The number of rotatable bonds is 9. The number of phenolic OH excluding ortho intramolecular Hbond substituents is 1. The molecule has 0 spiro atoms. The zero-order valence-corrected chi connectivity index (χ0v) is 13.3. The molecule has 134 valence electrons. The third-order valence-electron chi connectivity index (χ3n) is 3.09. The van der Waals surface area contributed by atoms with E-state index in [2.05, 4.69) is 0 Å². The summed E-state index contributed by atoms with van der Waals surface area (Å²) in [6, 6.07) is 1.95. The average Bonchev–Trinajstić information content (AvgIpc) is 2.50. The summed E-state index contributed by atoms with van der Waals surface area (Å²) >= 11 is 0. The molecule has 1 aromatic carbocycles. The summed E-state index contributed by atoms with van der Waals surface area (Å²) in [5.41, 5.74) is 5.14. The highest BCUT2D eigenvalue weighted by Crippen LogP contribution is 2.55. The van der Waals surface area contributed by atoms with Gasteiger partial charge < -0.3 is 35.8 Å². The van der Waals surface area contributed by atoms with Gasteiger partial charge in [-0.05, 0) is 24.1 Å². The van der Waals surface area contributed by atoms with Crippen molar-refractivity contribution in [3.63, 3.8) is 0 Å². The van der Waals surface area contributed by atoms with Gasteiger partial charge in [0.2, 0.25) is 7.37 Å². The van der Waals surface area contributed by atoms with Gasteiger partial charge in [0.1, 0.15) is 6.04 Å². The fourth-order valence-electron chi connectivity index (χ4n) is 1.76. The summed E-state index contributed by atoms with van der Waals surface area (Å²) in [7, 11) is -4.20. The molecule has 0 heterocycles. The molecule has 0 aromatic heterocycles. The van der Waals surface area contributed by atoms with E-state index < -0.39 is 49.7 Å². The maximum atomic E-state index is 12.1. The van der Waals surface area contributed by atoms with Crippen LogP contribution in [-0.4, -0.2) is 56.1 Å². The Morgan fingerprint density at radius 3 is 2.42 bits per heavy atom. The fraction of sp³-hybridized carbons (Fsp3) is 0.385. The first kappa shape index (κ1) is 19.9. The number of aliphatic carboxylic acids is 2. The molecule has 0 amide bonds. The number of aliphatic hydroxyl groups excluding tert-OH is 1. The average molecular weight is 363 g/mol. The highest BCUT2D eigenvalue weighted by Gasteiger charge is 2.32. The number of phenols is 1. The molecule has 3 atom stereocenters. The molecule has 2 unspecified atom stereocenters. The number of aliphatic hydroxyl groups is 1. The Morgan fingerprint density at radius 1 is 1.29 bits per heavy atom. The second-order valence-corrected chi connectivity index (χ2v) is 7.44. The Morgan fingerprint density at radius 2 is 1.92 bits per heavy atom. The van der Waals surface area contributed by atoms with Gasteiger partial charge in [0.15, 0.2) is 24.0 Å². The van der Waals surface area contributed by atoms with E-state index in [1.807, 2.05) is 0 Å². The maximum Gasteiger partial charge on any atom is 0.341 e. The normalized spacial score (nSPS) is 16.0. The van der Waals surface area contributed by atoms with Crippen LogP contribution in [0.3, 0.4) is 0 Å². The lowest BCUT2D eigenvalue weighted by molar-refractivity contribution is -0.139. The lowest BCUT2D eigenvalue weighted by Crippen LogP contribution is -2.31. The lowest BCUT2D eigenvalue weighted by Gasteiger charge is -2.20. The van der Waals surface area contributed by atoms with E-state index in [1.165, 1.54) is 6.07 Å². The number of ether oxygens (including phenoxy) is 1. The van der Waals surface area contributed by atoms with Gasteiger partial charge in [0.05, 0.1) is 0 Å². The molecule has 0 saturated heterocycles. The number of hydrogen-bond donors (Lipinski definition) is 6. The van der Waals surface area contributed by atoms with E-state index in [-0.39, 0.29) is 17.7 Å². The third kappa shape index (κ3) is 5.50. The third-order valence-corrected chi connectivity index (χ3v) is 5.05. The van der Waals surface area contributed by atoms with Crippen LogP contribution in [0.15, 0.2) is 18.2 Å². The number of benzene rings is 1. The van der Waals surface area contributed by atoms with Crippen molar-refractivity contribution < 1.29 is 44.2 Å². The molecule has 11 heteroatoms. The second-order valence-electron chi connectivity index (χ2n) is 5.00. The van der Waals surface area contributed by atoms with Crippen LogP contribution in [-0.2, 0) is 14.2 Å². The van der Waals surface area contributed by atoms with Gasteiger partial charge in [-0.2, -0.15) is 0 Å². The summed E-state index contributed by atoms with van der Waals surface area (Å²) in [5.74, 6) is -5.14. The molecule has 1 aromatic rings. The number of carboxylic acid groups (broad SMARTS) is 2. The first-order valence-corrected chi connectivity index (χ1v) is 8.61. The van der Waals surface area contributed by atoms with E-state index in [1.54, 1.807) is 0 Å². The number of nitrogens with two attached hydrogens (primary N) is 1. The van der Waals surface area contributed by atoms with E-state index in [0.29, 0.717) is 0 Å². The molecule has 0 bridgehead atoms. The van der Waals surface area contributed by atoms with Crippen molar-refractivity contribution in [2.45, 2.75) is 18.3 Å². The van der Waals surface area contributed by atoms with Crippen LogP contribution in [0, 0.1) is 0 Å². The highest BCUT2D eigenvalue weighted by atomic mass is 31.2. The summed E-state index contributed by atoms with van der Waals surface area (Å²) in [6.07, 6.45) is -0.842. The lowest BCUT2D eigenvalue weighted by atomic mass is 10.2. The van der Waals surface area contributed by atoms with Crippen LogP contribution < -0.4 is 10.5 Å². The van der Waals surface area contributed by atoms with Gasteiger partial charge in [-0.3, -0.25) is 9.36 Å². The zero-order valence-electron chi connectivity index (χ0n) is 12.4. The molecule has 0 fully saturated rings. The minimum atomic E-state index is -4.20. The number of carbonyl (C=O) groups is 2. The number of hydrogen-bond acceptors (Lipinski definition) is 7. The van der Waals surface area contributed by atoms with E-state index in [9.17, 15) is 29.3 Å². The van der Waals surface area contributed by atoms with Crippen molar-refractivity contribution in [1.82, 2.24) is 0 Å². The molecule has 0 aliphatic carbocycles. The van der Waals surface area contributed by atoms with E-state index in [4.69, 9.17) is 20.7 Å². The predicted octanol–water partition coefficient (Wildman–Crippen LogP) is -0.0811. The summed E-state index contributed by atoms with van der Waals surface area (Å²) in [5, 5.41) is 36.8. The Hall–Kier alpha value is -2.13. The standard InChI is InChI=1S/C13H18NO9P/c14-8(12(18)19)3-4-24(21,22)13(20)7-1-2-10(9(15)5-7)23-6-11(16)17/h1-2,5,8,13,15,20H,3-4,6,14H2,(H,16,17)(H,18,19)(H,21,22)/t8-,13?/m1/s1. The van der Waals surface area contributed by atoms with Gasteiger partial charge in [0.25, 0.3) is 0 Å². The summed E-state index contributed by atoms with van der Waals surface area (Å²) in [6.45, 7) is -0.693. The maximum absolute atomic E-state index is 12.1. The molecule has 0 aliphatic rings. The van der Waals surface area contributed by atoms with E-state index in [0.717, 1.165) is 12.1 Å². The highest BCUT2D eigenvalue weighted by molar-refractivity contribution is 7.58. The Labute approximate surface area is 136 Å². The van der Waals surface area contributed by atoms with Crippen LogP contribution >= 0.6 is 7.37 Å². The molecular formula is C13H18NO9P. The smallest absolute Gasteiger partial charge is 0.341 e. The van der Waals surface area contributed by atoms with Crippen molar-refractivity contribution in [2.24, 2.45) is 5.73 Å². The molecule has 0 saturated carbocycles. The van der Waals surface area contributed by atoms with Crippen molar-refractivity contribution >= 4 is 19.3 Å². The van der Waals surface area contributed by atoms with Gasteiger partial charge in [-0.25, -0.2) is 4.79 Å². The summed E-state index contributed by atoms with van der Waals surface area (Å²) < 4.78 is 16.9. The molecule has 24 heavy (non-hydrogen) atoms. The first-order valence-electron chi connectivity index (χ1n) is 6.70. The largest absolute Gasteiger partial charge is 0.504 e. The fourth-order valence-corrected chi connectivity index (χ4v) is 3.28. The van der Waals surface area contributed by atoms with Crippen molar-refractivity contribution in [3.8, 4) is 11.5 Å². The van der Waals surface area contributed by atoms with Crippen molar-refractivity contribution in [2.75, 3.05) is 12.8 Å². The van der Waals surface area contributed by atoms with Crippen LogP contribution in [0.4, 0.5) is 0 Å². The number of carboxylic acids is 2. The zero-order chi connectivity index (χ0) is 18.5. The molecule has 10 nitrogen and oxygen atoms in total. The van der Waals surface area contributed by atoms with Crippen LogP contribution in [0.2, 0.25) is 0 Å². The monoisotopic (exact) mass is 363 g/mol. The van der Waals surface area contributed by atoms with E-state index >= 15 is 0 Å². The van der Waals surface area contributed by atoms with Crippen molar-refractivity contribution in [3.05, 3.63) is 23.8 Å². The Kier molecular flexibility index (Phi) is 6.73. The minimum absolute atomic E-state index is 0.107. The predicted molar refractivity (Wildman–Crippen MR) is 81.1 cm³/mol. The molecule has 7 N–H and O–H groups in total. The summed E-state index contributed by atoms with van der Waals surface area (Å²) in [4.78, 5) is 30.9. The van der Waals surface area contributed by atoms with Gasteiger partial charge >= 0.3 is 11.9 Å². The van der Waals surface area contributed by atoms with Crippen LogP contribution in [0.5, 0.6) is 11.5 Å². The topological polar surface area (TPSA) is 188 Å². The quantitative estimate of drug-likeness (QED) is 0.324. The first-order chi connectivity index (χ1) is 11.0. The van der Waals surface area contributed by atoms with Crippen LogP contribution in [0.25, 0.3) is 0 Å². The Balaban J connectivity index is 2.84. The molecular weight excluding hydrogens is 345 g/mol. The van der Waals surface area contributed by atoms with Crippen molar-refractivity contribution in [1.29, 1.82) is 0 Å². The molecule has 0 radical (unpaired) electrons. The molecule has 1 rings (SSSR count). The molecule has 0 aliphatic heterocycles. The minimum Gasteiger partial charge on any atom is -0.504 e. The van der Waals surface area contributed by atoms with Gasteiger partial charge in [-0.15, -0.1) is 0 Å². The Bertz CT molecular complexity index is 663. The SMILES string of the molecule is N[C@H](CCP(=O)(O)C(O)c1ccc(OCC(=O)O)c(O)c1)C(=O)O. The van der Waals surface area contributed by atoms with Crippen LogP contribution in [0.1, 0.15) is 17.8 Å². The number of aromatic hydroxyl groups is 1. The second kappa shape index (κ2) is 8.11. The van der Waals surface area contributed by atoms with Gasteiger partial charge in [-0.1, -0.05) is 6.07 Å².